The molecule has 4 aliphatic rings. The molecule has 1 aromatic heterocycles. The third kappa shape index (κ3) is 6.35. The number of hydrogen-bond acceptors (Lipinski definition) is 3. The predicted octanol–water partition coefficient (Wildman–Crippen LogP) is 12.0. The summed E-state index contributed by atoms with van der Waals surface area (Å²) in [5.41, 5.74) is 15.7. The molecule has 3 aromatic carbocycles. The van der Waals surface area contributed by atoms with Gasteiger partial charge in [0.05, 0.1) is 11.2 Å². The monoisotopic (exact) mass is 687 g/mol. The van der Waals surface area contributed by atoms with Crippen molar-refractivity contribution in [1.82, 2.24) is 4.98 Å². The molecule has 0 saturated carbocycles. The Morgan fingerprint density at radius 3 is 1.31 bits per heavy atom. The van der Waals surface area contributed by atoms with Crippen molar-refractivity contribution in [3.63, 3.8) is 0 Å². The molecule has 0 amide bonds. The molecule has 4 aliphatic heterocycles. The average molecular weight is 688 g/mol. The zero-order valence-corrected chi connectivity index (χ0v) is 32.8. The van der Waals surface area contributed by atoms with Gasteiger partial charge in [0.2, 0.25) is 0 Å². The van der Waals surface area contributed by atoms with Crippen LogP contribution in [-0.4, -0.2) is 31.2 Å². The molecule has 0 atom stereocenters. The summed E-state index contributed by atoms with van der Waals surface area (Å²) in [5.74, 6) is 0. The summed E-state index contributed by atoms with van der Waals surface area (Å²) in [5, 5.41) is 1.16. The van der Waals surface area contributed by atoms with Crippen LogP contribution >= 0.6 is 0 Å². The van der Waals surface area contributed by atoms with E-state index in [-0.39, 0.29) is 21.7 Å². The molecule has 52 heavy (non-hydrogen) atoms. The van der Waals surface area contributed by atoms with Crippen molar-refractivity contribution < 1.29 is 0 Å². The molecule has 0 aliphatic carbocycles. The Kier molecular flexibility index (Phi) is 8.44. The second-order valence-electron chi connectivity index (χ2n) is 18.6. The SMILES string of the molecule is CC1(C)CCN2CCC(C)(C)c3cc(C=CC=Cc4ccc5nc(C=CC=Cc6cc7c8c(c6)C(C)(C)CCN8CCC7(C)C)ccc5c4)cc1c32. The number of benzene rings is 3. The Morgan fingerprint density at radius 1 is 0.462 bits per heavy atom. The van der Waals surface area contributed by atoms with Crippen LogP contribution in [0.25, 0.3) is 35.2 Å². The van der Waals surface area contributed by atoms with Crippen LogP contribution in [0.3, 0.4) is 0 Å². The Morgan fingerprint density at radius 2 is 0.865 bits per heavy atom. The molecule has 3 nitrogen and oxygen atoms in total. The van der Waals surface area contributed by atoms with E-state index >= 15 is 0 Å². The molecule has 0 N–H and O–H groups in total. The van der Waals surface area contributed by atoms with Crippen LogP contribution in [0.15, 0.2) is 78.9 Å². The molecule has 0 saturated heterocycles. The van der Waals surface area contributed by atoms with Crippen LogP contribution in [0.5, 0.6) is 0 Å². The lowest BCUT2D eigenvalue weighted by Gasteiger charge is -2.48. The maximum atomic E-state index is 4.95. The van der Waals surface area contributed by atoms with Gasteiger partial charge in [0, 0.05) is 42.9 Å². The lowest BCUT2D eigenvalue weighted by atomic mass is 9.69. The first-order valence-electron chi connectivity index (χ1n) is 19.7. The summed E-state index contributed by atoms with van der Waals surface area (Å²) in [6.45, 7) is 24.0. The van der Waals surface area contributed by atoms with E-state index in [0.717, 1.165) is 16.6 Å². The smallest absolute Gasteiger partial charge is 0.0709 e. The third-order valence-corrected chi connectivity index (χ3v) is 12.9. The summed E-state index contributed by atoms with van der Waals surface area (Å²) in [6, 6.07) is 20.6. The van der Waals surface area contributed by atoms with Crippen LogP contribution in [0.4, 0.5) is 11.4 Å². The van der Waals surface area contributed by atoms with Crippen molar-refractivity contribution in [2.75, 3.05) is 36.0 Å². The first-order valence-corrected chi connectivity index (χ1v) is 19.7. The van der Waals surface area contributed by atoms with Gasteiger partial charge in [0.15, 0.2) is 0 Å². The zero-order valence-electron chi connectivity index (χ0n) is 32.8. The largest absolute Gasteiger partial charge is 0.371 e. The standard InChI is InChI=1S/C49H57N3/c1-46(2)21-25-51-26-22-47(3,4)40-31-35(30-39(46)44(40)51)14-10-9-13-34-17-20-43-37(29-34)18-19-38(50-43)16-12-11-15-36-32-41-45-42(33-36)49(7,8)24-28-52(45)27-23-48(41,5)6/h9-20,29-33H,21-28H2,1-8H3. The van der Waals surface area contributed by atoms with Crippen LogP contribution in [0, 0.1) is 0 Å². The van der Waals surface area contributed by atoms with Gasteiger partial charge in [-0.3, -0.25) is 0 Å². The van der Waals surface area contributed by atoms with E-state index in [0.29, 0.717) is 0 Å². The molecule has 4 aromatic rings. The molecular formula is C49H57N3. The maximum Gasteiger partial charge on any atom is 0.0709 e. The zero-order chi connectivity index (χ0) is 36.5. The van der Waals surface area contributed by atoms with Crippen LogP contribution < -0.4 is 9.80 Å². The lowest BCUT2D eigenvalue weighted by molar-refractivity contribution is 0.401. The fourth-order valence-corrected chi connectivity index (χ4v) is 9.13. The average Bonchev–Trinajstić information content (AvgIpc) is 3.10. The van der Waals surface area contributed by atoms with Gasteiger partial charge in [0.1, 0.15) is 0 Å². The number of rotatable bonds is 6. The van der Waals surface area contributed by atoms with Gasteiger partial charge in [-0.2, -0.15) is 0 Å². The fraction of sp³-hybridized carbons (Fsp3) is 0.408. The first-order chi connectivity index (χ1) is 24.7. The minimum atomic E-state index is 0.199. The van der Waals surface area contributed by atoms with Crippen molar-refractivity contribution in [2.45, 2.75) is 103 Å². The minimum absolute atomic E-state index is 0.199. The second-order valence-corrected chi connectivity index (χ2v) is 18.6. The van der Waals surface area contributed by atoms with E-state index in [9.17, 15) is 0 Å². The van der Waals surface area contributed by atoms with E-state index in [2.05, 4.69) is 168 Å². The Hall–Kier alpha value is -4.37. The summed E-state index contributed by atoms with van der Waals surface area (Å²) in [6.07, 6.45) is 22.4. The highest BCUT2D eigenvalue weighted by Crippen LogP contribution is 2.51. The molecule has 0 radical (unpaired) electrons. The molecule has 0 fully saturated rings. The number of aromatic nitrogens is 1. The second kappa shape index (κ2) is 12.6. The van der Waals surface area contributed by atoms with Gasteiger partial charge in [-0.25, -0.2) is 4.98 Å². The number of anilines is 2. The predicted molar refractivity (Wildman–Crippen MR) is 226 cm³/mol. The summed E-state index contributed by atoms with van der Waals surface area (Å²) in [7, 11) is 0. The molecule has 268 valence electrons. The molecule has 3 heteroatoms. The lowest BCUT2D eigenvalue weighted by Crippen LogP contribution is -2.44. The van der Waals surface area contributed by atoms with Crippen molar-refractivity contribution >= 4 is 46.6 Å². The topological polar surface area (TPSA) is 19.4 Å². The van der Waals surface area contributed by atoms with E-state index in [1.165, 1.54) is 102 Å². The quantitative estimate of drug-likeness (QED) is 0.188. The summed E-state index contributed by atoms with van der Waals surface area (Å²) >= 11 is 0. The summed E-state index contributed by atoms with van der Waals surface area (Å²) in [4.78, 5) is 10.2. The number of pyridine rings is 1. The van der Waals surface area contributed by atoms with Gasteiger partial charge in [-0.1, -0.05) is 110 Å². The fourth-order valence-electron chi connectivity index (χ4n) is 9.13. The van der Waals surface area contributed by atoms with Gasteiger partial charge in [0.25, 0.3) is 0 Å². The minimum Gasteiger partial charge on any atom is -0.371 e. The van der Waals surface area contributed by atoms with Gasteiger partial charge >= 0.3 is 0 Å². The summed E-state index contributed by atoms with van der Waals surface area (Å²) < 4.78 is 0. The Labute approximate surface area is 312 Å². The molecular weight excluding hydrogens is 631 g/mol. The van der Waals surface area contributed by atoms with Crippen molar-refractivity contribution in [1.29, 1.82) is 0 Å². The highest BCUT2D eigenvalue weighted by atomic mass is 15.2. The molecule has 0 unspecified atom stereocenters. The number of allylic oxidation sites excluding steroid dienone is 4. The van der Waals surface area contributed by atoms with E-state index in [1.807, 2.05) is 0 Å². The van der Waals surface area contributed by atoms with Crippen LogP contribution in [0.1, 0.15) is 126 Å². The number of fused-ring (bicyclic) bond motifs is 1. The van der Waals surface area contributed by atoms with Crippen LogP contribution in [0.2, 0.25) is 0 Å². The van der Waals surface area contributed by atoms with Gasteiger partial charge in [-0.05, 0) is 135 Å². The maximum absolute atomic E-state index is 4.95. The van der Waals surface area contributed by atoms with Crippen molar-refractivity contribution in [3.8, 4) is 0 Å². The van der Waals surface area contributed by atoms with Crippen molar-refractivity contribution in [3.05, 3.63) is 124 Å². The highest BCUT2D eigenvalue weighted by molar-refractivity contribution is 5.83. The Balaban J connectivity index is 0.965. The normalized spacial score (nSPS) is 21.1. The van der Waals surface area contributed by atoms with E-state index in [1.54, 1.807) is 0 Å². The molecule has 0 bridgehead atoms. The Bertz CT molecular complexity index is 1930. The first kappa shape index (κ1) is 34.7. The molecule has 0 spiro atoms. The number of nitrogens with zero attached hydrogens (tertiary/aromatic N) is 3. The van der Waals surface area contributed by atoms with E-state index in [4.69, 9.17) is 4.98 Å². The van der Waals surface area contributed by atoms with Gasteiger partial charge < -0.3 is 9.80 Å². The van der Waals surface area contributed by atoms with Crippen LogP contribution in [-0.2, 0) is 21.7 Å². The number of hydrogen-bond donors (Lipinski definition) is 0. The molecule has 8 rings (SSSR count). The van der Waals surface area contributed by atoms with E-state index < -0.39 is 0 Å². The highest BCUT2D eigenvalue weighted by Gasteiger charge is 2.41. The van der Waals surface area contributed by atoms with Gasteiger partial charge in [-0.15, -0.1) is 0 Å². The third-order valence-electron chi connectivity index (χ3n) is 12.9. The van der Waals surface area contributed by atoms with Crippen molar-refractivity contribution in [2.24, 2.45) is 0 Å². The molecule has 5 heterocycles.